The van der Waals surface area contributed by atoms with Crippen molar-refractivity contribution in [2.75, 3.05) is 10.6 Å². The van der Waals surface area contributed by atoms with Gasteiger partial charge in [-0.15, -0.1) is 11.8 Å². The highest BCUT2D eigenvalue weighted by molar-refractivity contribution is 8.00. The number of hydrogen-bond donors (Lipinski definition) is 4. The van der Waals surface area contributed by atoms with Crippen molar-refractivity contribution in [1.82, 2.24) is 5.32 Å². The summed E-state index contributed by atoms with van der Waals surface area (Å²) < 4.78 is 23.3. The van der Waals surface area contributed by atoms with Crippen molar-refractivity contribution in [3.05, 3.63) is 160 Å². The monoisotopic (exact) mass is 730 g/mol. The van der Waals surface area contributed by atoms with Gasteiger partial charge >= 0.3 is 0 Å². The number of nitrogens with one attached hydrogen (secondary N) is 3. The first-order valence-corrected chi connectivity index (χ1v) is 17.7. The van der Waals surface area contributed by atoms with Gasteiger partial charge in [0.2, 0.25) is 15.9 Å². The number of nitrogens with two attached hydrogens (primary N) is 1. The molecule has 0 bridgehead atoms. The highest BCUT2D eigenvalue weighted by atomic mass is 35.5. The Balaban J connectivity index is 1.39. The lowest BCUT2D eigenvalue weighted by molar-refractivity contribution is -0.116. The number of anilines is 2. The maximum atomic E-state index is 13.7. The quantitative estimate of drug-likeness (QED) is 0.0817. The zero-order valence-electron chi connectivity index (χ0n) is 25.5. The zero-order chi connectivity index (χ0) is 35.0. The summed E-state index contributed by atoms with van der Waals surface area (Å²) in [5.74, 6) is -1.51. The molecular weight excluding hydrogens is 703 g/mol. The van der Waals surface area contributed by atoms with Crippen LogP contribution < -0.4 is 21.1 Å². The predicted molar refractivity (Wildman–Crippen MR) is 195 cm³/mol. The van der Waals surface area contributed by atoms with E-state index in [0.29, 0.717) is 33.0 Å². The first kappa shape index (κ1) is 35.4. The predicted octanol–water partition coefficient (Wildman–Crippen LogP) is 7.52. The molecule has 5 N–H and O–H groups in total. The minimum absolute atomic E-state index is 0.0778. The summed E-state index contributed by atoms with van der Waals surface area (Å²) in [6.45, 7) is 0. The molecule has 0 saturated carbocycles. The summed E-state index contributed by atoms with van der Waals surface area (Å²) in [6.07, 6.45) is 1.41. The minimum atomic E-state index is -3.89. The number of carbonyl (C=O) groups is 3. The van der Waals surface area contributed by atoms with E-state index in [-0.39, 0.29) is 26.5 Å². The van der Waals surface area contributed by atoms with Crippen molar-refractivity contribution < 1.29 is 22.8 Å². The number of halogens is 2. The number of hydrogen-bond acceptors (Lipinski definition) is 6. The summed E-state index contributed by atoms with van der Waals surface area (Å²) >= 11 is 14.0. The van der Waals surface area contributed by atoms with Gasteiger partial charge in [-0.05, 0) is 78.4 Å². The van der Waals surface area contributed by atoms with Gasteiger partial charge in [0.15, 0.2) is 0 Å². The van der Waals surface area contributed by atoms with Crippen LogP contribution in [0, 0.1) is 0 Å². The molecule has 1 unspecified atom stereocenters. The topological polar surface area (TPSA) is 147 Å². The first-order valence-electron chi connectivity index (χ1n) is 14.6. The van der Waals surface area contributed by atoms with Crippen LogP contribution in [0.4, 0.5) is 11.4 Å². The minimum Gasteiger partial charge on any atom is -0.325 e. The highest BCUT2D eigenvalue weighted by Gasteiger charge is 2.23. The SMILES string of the molecule is NS(=O)(=O)c1ccc(NC(=O)C(Sc2cccc(NC(=O)/C(=C\c3c(Cl)cccc3Cl)NC(=O)c3ccccc3)c2)c2ccccc2)cc1. The summed E-state index contributed by atoms with van der Waals surface area (Å²) in [6, 6.07) is 34.9. The van der Waals surface area contributed by atoms with E-state index >= 15 is 0 Å². The van der Waals surface area contributed by atoms with Gasteiger partial charge in [0.1, 0.15) is 10.9 Å². The van der Waals surface area contributed by atoms with Crippen molar-refractivity contribution in [2.45, 2.75) is 15.0 Å². The molecule has 5 aromatic rings. The number of rotatable bonds is 11. The van der Waals surface area contributed by atoms with Gasteiger partial charge in [-0.2, -0.15) is 0 Å². The average Bonchev–Trinajstić information content (AvgIpc) is 3.09. The zero-order valence-corrected chi connectivity index (χ0v) is 28.6. The molecule has 1 atom stereocenters. The van der Waals surface area contributed by atoms with E-state index in [9.17, 15) is 22.8 Å². The van der Waals surface area contributed by atoms with Crippen LogP contribution in [0.3, 0.4) is 0 Å². The van der Waals surface area contributed by atoms with Crippen LogP contribution >= 0.6 is 35.0 Å². The molecule has 13 heteroatoms. The Morgan fingerprint density at radius 1 is 0.714 bits per heavy atom. The molecule has 49 heavy (non-hydrogen) atoms. The number of primary sulfonamides is 1. The van der Waals surface area contributed by atoms with Crippen molar-refractivity contribution in [2.24, 2.45) is 5.14 Å². The van der Waals surface area contributed by atoms with Gasteiger partial charge in [0.05, 0.1) is 4.90 Å². The highest BCUT2D eigenvalue weighted by Crippen LogP contribution is 2.37. The molecule has 0 saturated heterocycles. The fraction of sp³-hybridized carbons (Fsp3) is 0.0278. The van der Waals surface area contributed by atoms with Crippen LogP contribution in [-0.4, -0.2) is 26.1 Å². The third-order valence-electron chi connectivity index (χ3n) is 6.95. The molecule has 3 amide bonds. The summed E-state index contributed by atoms with van der Waals surface area (Å²) in [7, 11) is -3.89. The molecule has 5 rings (SSSR count). The maximum Gasteiger partial charge on any atom is 0.272 e. The average molecular weight is 732 g/mol. The lowest BCUT2D eigenvalue weighted by atomic mass is 10.1. The van der Waals surface area contributed by atoms with Gasteiger partial charge < -0.3 is 16.0 Å². The second kappa shape index (κ2) is 16.0. The fourth-order valence-corrected chi connectivity index (χ4v) is 6.66. The molecule has 0 spiro atoms. The van der Waals surface area contributed by atoms with Gasteiger partial charge in [-0.1, -0.05) is 83.9 Å². The van der Waals surface area contributed by atoms with Crippen molar-refractivity contribution in [3.63, 3.8) is 0 Å². The number of sulfonamides is 1. The van der Waals surface area contributed by atoms with Crippen LogP contribution in [0.15, 0.2) is 143 Å². The molecule has 0 aliphatic rings. The van der Waals surface area contributed by atoms with Crippen LogP contribution in [0.2, 0.25) is 10.0 Å². The van der Waals surface area contributed by atoms with Gasteiger partial charge in [-0.3, -0.25) is 14.4 Å². The van der Waals surface area contributed by atoms with E-state index in [0.717, 1.165) is 0 Å². The van der Waals surface area contributed by atoms with E-state index in [2.05, 4.69) is 16.0 Å². The second-order valence-corrected chi connectivity index (χ2v) is 14.0. The van der Waals surface area contributed by atoms with Crippen molar-refractivity contribution in [3.8, 4) is 0 Å². The molecule has 248 valence electrons. The molecule has 5 aromatic carbocycles. The number of amides is 3. The van der Waals surface area contributed by atoms with Crippen LogP contribution in [0.1, 0.15) is 26.7 Å². The van der Waals surface area contributed by atoms with E-state index in [1.54, 1.807) is 72.8 Å². The Morgan fingerprint density at radius 2 is 1.33 bits per heavy atom. The lowest BCUT2D eigenvalue weighted by Crippen LogP contribution is -2.30. The van der Waals surface area contributed by atoms with Gasteiger partial charge in [0, 0.05) is 37.4 Å². The van der Waals surface area contributed by atoms with Crippen LogP contribution in [0.25, 0.3) is 6.08 Å². The van der Waals surface area contributed by atoms with E-state index in [4.69, 9.17) is 28.3 Å². The molecule has 0 radical (unpaired) electrons. The molecular formula is C36H28Cl2N4O5S2. The van der Waals surface area contributed by atoms with Crippen LogP contribution in [0.5, 0.6) is 0 Å². The first-order chi connectivity index (χ1) is 23.5. The molecule has 0 aliphatic heterocycles. The molecule has 0 fully saturated rings. The summed E-state index contributed by atoms with van der Waals surface area (Å²) in [4.78, 5) is 40.9. The Morgan fingerprint density at radius 3 is 1.96 bits per heavy atom. The lowest BCUT2D eigenvalue weighted by Gasteiger charge is -2.18. The third-order valence-corrected chi connectivity index (χ3v) is 9.79. The largest absolute Gasteiger partial charge is 0.325 e. The molecule has 0 aliphatic carbocycles. The van der Waals surface area contributed by atoms with Crippen molar-refractivity contribution >= 4 is 80.2 Å². The van der Waals surface area contributed by atoms with E-state index in [1.165, 1.54) is 42.1 Å². The maximum absolute atomic E-state index is 13.7. The van der Waals surface area contributed by atoms with Gasteiger partial charge in [-0.25, -0.2) is 13.6 Å². The van der Waals surface area contributed by atoms with Gasteiger partial charge in [0.25, 0.3) is 11.8 Å². The number of benzene rings is 5. The van der Waals surface area contributed by atoms with E-state index < -0.39 is 27.1 Å². The Labute approximate surface area is 297 Å². The fourth-order valence-electron chi connectivity index (χ4n) is 4.55. The van der Waals surface area contributed by atoms with Crippen molar-refractivity contribution in [1.29, 1.82) is 0 Å². The normalized spacial score (nSPS) is 12.1. The summed E-state index contributed by atoms with van der Waals surface area (Å²) in [5, 5.41) is 13.4. The Bertz CT molecular complexity index is 2110. The molecule has 0 heterocycles. The Hall–Kier alpha value is -4.91. The molecule has 0 aromatic heterocycles. The van der Waals surface area contributed by atoms with E-state index in [1.807, 2.05) is 30.3 Å². The van der Waals surface area contributed by atoms with Crippen LogP contribution in [-0.2, 0) is 19.6 Å². The standard InChI is InChI=1S/C36H28Cl2N4O5S2/c37-30-15-8-16-31(38)29(30)22-32(42-34(43)24-11-5-2-6-12-24)35(44)41-26-13-7-14-27(21-26)48-33(23-9-3-1-4-10-23)36(45)40-25-17-19-28(20-18-25)49(39,46)47/h1-22,33H,(H,40,45)(H,41,44)(H,42,43)(H2,39,46,47)/b32-22+. The third kappa shape index (κ3) is 9.59. The molecule has 9 nitrogen and oxygen atoms in total. The summed E-state index contributed by atoms with van der Waals surface area (Å²) in [5.41, 5.74) is 2.09. The number of thioether (sulfide) groups is 1. The number of carbonyl (C=O) groups excluding carboxylic acids is 3. The second-order valence-electron chi connectivity index (χ2n) is 10.5. The smallest absolute Gasteiger partial charge is 0.272 e. The Kier molecular flexibility index (Phi) is 11.6.